The molecule has 0 unspecified atom stereocenters. The zero-order chi connectivity index (χ0) is 18.1. The van der Waals surface area contributed by atoms with Gasteiger partial charge in [-0.05, 0) is 67.8 Å². The van der Waals surface area contributed by atoms with Crippen LogP contribution in [0.5, 0.6) is 11.5 Å². The third kappa shape index (κ3) is 6.18. The summed E-state index contributed by atoms with van der Waals surface area (Å²) in [5.41, 5.74) is 11.3. The number of primary amides is 2. The average molecular weight is 342 g/mol. The number of carbonyl (C=O) groups is 2. The lowest BCUT2D eigenvalue weighted by molar-refractivity contribution is 0.0991. The number of rotatable bonds is 10. The van der Waals surface area contributed by atoms with Gasteiger partial charge in [-0.15, -0.1) is 0 Å². The van der Waals surface area contributed by atoms with Crippen LogP contribution < -0.4 is 20.9 Å². The molecule has 0 spiro atoms. The zero-order valence-corrected chi connectivity index (χ0v) is 13.9. The van der Waals surface area contributed by atoms with Gasteiger partial charge >= 0.3 is 0 Å². The monoisotopic (exact) mass is 342 g/mol. The lowest BCUT2D eigenvalue weighted by Gasteiger charge is -2.08. The molecule has 2 aromatic carbocycles. The first kappa shape index (κ1) is 18.3. The van der Waals surface area contributed by atoms with Gasteiger partial charge in [-0.2, -0.15) is 0 Å². The van der Waals surface area contributed by atoms with Crippen molar-refractivity contribution in [3.8, 4) is 11.5 Å². The van der Waals surface area contributed by atoms with Gasteiger partial charge in [0.2, 0.25) is 11.8 Å². The highest BCUT2D eigenvalue weighted by Gasteiger charge is 2.01. The van der Waals surface area contributed by atoms with Crippen molar-refractivity contribution in [2.45, 2.75) is 19.3 Å². The minimum absolute atomic E-state index is 0.448. The second kappa shape index (κ2) is 9.32. The minimum atomic E-state index is -0.448. The minimum Gasteiger partial charge on any atom is -0.494 e. The number of amides is 2. The van der Waals surface area contributed by atoms with E-state index in [0.29, 0.717) is 24.3 Å². The molecule has 0 bridgehead atoms. The quantitative estimate of drug-likeness (QED) is 0.647. The summed E-state index contributed by atoms with van der Waals surface area (Å²) >= 11 is 0. The van der Waals surface area contributed by atoms with E-state index in [4.69, 9.17) is 20.9 Å². The van der Waals surface area contributed by atoms with Crippen molar-refractivity contribution < 1.29 is 19.1 Å². The van der Waals surface area contributed by atoms with Crippen molar-refractivity contribution in [2.24, 2.45) is 11.5 Å². The van der Waals surface area contributed by atoms with E-state index in [0.717, 1.165) is 30.8 Å². The molecular formula is C19H22N2O4. The highest BCUT2D eigenvalue weighted by molar-refractivity contribution is 5.93. The first-order chi connectivity index (χ1) is 12.1. The Morgan fingerprint density at radius 1 is 0.640 bits per heavy atom. The Balaban J connectivity index is 1.57. The molecule has 0 aliphatic carbocycles. The van der Waals surface area contributed by atoms with Crippen LogP contribution in [0.2, 0.25) is 0 Å². The van der Waals surface area contributed by atoms with E-state index in [1.54, 1.807) is 48.5 Å². The van der Waals surface area contributed by atoms with Crippen LogP contribution >= 0.6 is 0 Å². The van der Waals surface area contributed by atoms with Crippen molar-refractivity contribution in [2.75, 3.05) is 13.2 Å². The van der Waals surface area contributed by atoms with Gasteiger partial charge in [0.25, 0.3) is 0 Å². The number of hydrogen-bond donors (Lipinski definition) is 2. The summed E-state index contributed by atoms with van der Waals surface area (Å²) in [6.45, 7) is 1.20. The van der Waals surface area contributed by atoms with Gasteiger partial charge in [-0.25, -0.2) is 0 Å². The highest BCUT2D eigenvalue weighted by Crippen LogP contribution is 2.14. The van der Waals surface area contributed by atoms with Crippen LogP contribution in [0.25, 0.3) is 0 Å². The first-order valence-electron chi connectivity index (χ1n) is 8.11. The standard InChI is InChI=1S/C19H22N2O4/c20-18(22)14-4-8-16(9-5-14)24-12-2-1-3-13-25-17-10-6-15(7-11-17)19(21)23/h4-11H,1-3,12-13H2,(H2,20,22)(H2,21,23). The summed E-state index contributed by atoms with van der Waals surface area (Å²) in [6, 6.07) is 13.5. The van der Waals surface area contributed by atoms with Gasteiger partial charge in [0, 0.05) is 11.1 Å². The molecule has 0 fully saturated rings. The van der Waals surface area contributed by atoms with E-state index in [2.05, 4.69) is 0 Å². The Kier molecular flexibility index (Phi) is 6.83. The van der Waals surface area contributed by atoms with E-state index in [-0.39, 0.29) is 0 Å². The Morgan fingerprint density at radius 2 is 1.00 bits per heavy atom. The molecule has 0 radical (unpaired) electrons. The lowest BCUT2D eigenvalue weighted by Crippen LogP contribution is -2.10. The van der Waals surface area contributed by atoms with Crippen molar-refractivity contribution in [1.29, 1.82) is 0 Å². The Morgan fingerprint density at radius 3 is 1.32 bits per heavy atom. The van der Waals surface area contributed by atoms with Crippen LogP contribution in [-0.2, 0) is 0 Å². The Labute approximate surface area is 146 Å². The number of ether oxygens (including phenoxy) is 2. The maximum absolute atomic E-state index is 11.0. The molecule has 0 aliphatic rings. The van der Waals surface area contributed by atoms with Crippen LogP contribution in [0.3, 0.4) is 0 Å². The zero-order valence-electron chi connectivity index (χ0n) is 13.9. The normalized spacial score (nSPS) is 10.2. The first-order valence-corrected chi connectivity index (χ1v) is 8.11. The summed E-state index contributed by atoms with van der Waals surface area (Å²) < 4.78 is 11.2. The number of hydrogen-bond acceptors (Lipinski definition) is 4. The molecule has 0 saturated heterocycles. The van der Waals surface area contributed by atoms with Gasteiger partial charge in [-0.3, -0.25) is 9.59 Å². The van der Waals surface area contributed by atoms with Gasteiger partial charge in [-0.1, -0.05) is 0 Å². The third-order valence-electron chi connectivity index (χ3n) is 3.60. The second-order valence-corrected chi connectivity index (χ2v) is 5.53. The molecular weight excluding hydrogens is 320 g/mol. The van der Waals surface area contributed by atoms with Crippen LogP contribution in [0.15, 0.2) is 48.5 Å². The topological polar surface area (TPSA) is 105 Å². The molecule has 0 atom stereocenters. The van der Waals surface area contributed by atoms with Crippen LogP contribution in [-0.4, -0.2) is 25.0 Å². The number of benzene rings is 2. The predicted molar refractivity (Wildman–Crippen MR) is 94.8 cm³/mol. The SMILES string of the molecule is NC(=O)c1ccc(OCCCCCOc2ccc(C(N)=O)cc2)cc1. The van der Waals surface area contributed by atoms with Crippen LogP contribution in [0.1, 0.15) is 40.0 Å². The number of carbonyl (C=O) groups excluding carboxylic acids is 2. The second-order valence-electron chi connectivity index (χ2n) is 5.53. The van der Waals surface area contributed by atoms with Crippen LogP contribution in [0.4, 0.5) is 0 Å². The number of nitrogens with two attached hydrogens (primary N) is 2. The van der Waals surface area contributed by atoms with Gasteiger partial charge in [0.15, 0.2) is 0 Å². The fourth-order valence-corrected chi connectivity index (χ4v) is 2.19. The molecule has 4 N–H and O–H groups in total. The molecule has 0 saturated carbocycles. The summed E-state index contributed by atoms with van der Waals surface area (Å²) in [5, 5.41) is 0. The summed E-state index contributed by atoms with van der Waals surface area (Å²) in [7, 11) is 0. The molecule has 25 heavy (non-hydrogen) atoms. The molecule has 2 amide bonds. The largest absolute Gasteiger partial charge is 0.494 e. The van der Waals surface area contributed by atoms with Crippen molar-refractivity contribution in [3.05, 3.63) is 59.7 Å². The molecule has 0 aromatic heterocycles. The predicted octanol–water partition coefficient (Wildman–Crippen LogP) is 2.51. The molecule has 6 nitrogen and oxygen atoms in total. The smallest absolute Gasteiger partial charge is 0.248 e. The third-order valence-corrected chi connectivity index (χ3v) is 3.60. The molecule has 0 aliphatic heterocycles. The Hall–Kier alpha value is -3.02. The fraction of sp³-hybridized carbons (Fsp3) is 0.263. The van der Waals surface area contributed by atoms with Gasteiger partial charge in [0.05, 0.1) is 13.2 Å². The Bertz CT molecular complexity index is 635. The summed E-state index contributed by atoms with van der Waals surface area (Å²) in [4.78, 5) is 21.9. The molecule has 2 rings (SSSR count). The van der Waals surface area contributed by atoms with E-state index in [1.165, 1.54) is 0 Å². The van der Waals surface area contributed by atoms with E-state index in [9.17, 15) is 9.59 Å². The molecule has 0 heterocycles. The molecule has 2 aromatic rings. The van der Waals surface area contributed by atoms with Crippen molar-refractivity contribution in [1.82, 2.24) is 0 Å². The van der Waals surface area contributed by atoms with E-state index >= 15 is 0 Å². The van der Waals surface area contributed by atoms with Crippen LogP contribution in [0, 0.1) is 0 Å². The van der Waals surface area contributed by atoms with Gasteiger partial charge < -0.3 is 20.9 Å². The summed E-state index contributed by atoms with van der Waals surface area (Å²) in [6.07, 6.45) is 2.78. The average Bonchev–Trinajstić information content (AvgIpc) is 2.61. The lowest BCUT2D eigenvalue weighted by atomic mass is 10.2. The molecule has 6 heteroatoms. The van der Waals surface area contributed by atoms with E-state index < -0.39 is 11.8 Å². The highest BCUT2D eigenvalue weighted by atomic mass is 16.5. The van der Waals surface area contributed by atoms with Crippen molar-refractivity contribution in [3.63, 3.8) is 0 Å². The number of unbranched alkanes of at least 4 members (excludes halogenated alkanes) is 2. The fourth-order valence-electron chi connectivity index (χ4n) is 2.19. The maximum Gasteiger partial charge on any atom is 0.248 e. The summed E-state index contributed by atoms with van der Waals surface area (Å²) in [5.74, 6) is 0.540. The maximum atomic E-state index is 11.0. The van der Waals surface area contributed by atoms with Crippen molar-refractivity contribution >= 4 is 11.8 Å². The van der Waals surface area contributed by atoms with Gasteiger partial charge in [0.1, 0.15) is 11.5 Å². The van der Waals surface area contributed by atoms with E-state index in [1.807, 2.05) is 0 Å². The molecule has 132 valence electrons.